The van der Waals surface area contributed by atoms with Gasteiger partial charge in [0.05, 0.1) is 4.47 Å². The minimum Gasteiger partial charge on any atom is -0.316 e. The lowest BCUT2D eigenvalue weighted by atomic mass is 9.70. The number of halogens is 2. The Labute approximate surface area is 136 Å². The van der Waals surface area contributed by atoms with Crippen molar-refractivity contribution < 1.29 is 4.39 Å². The molecule has 1 nitrogen and oxygen atoms in total. The fourth-order valence-corrected chi connectivity index (χ4v) is 3.84. The van der Waals surface area contributed by atoms with Crippen molar-refractivity contribution in [2.75, 3.05) is 13.1 Å². The second-order valence-corrected chi connectivity index (χ2v) is 7.77. The molecular formula is C18H27BrFN. The van der Waals surface area contributed by atoms with Crippen LogP contribution in [0, 0.1) is 17.2 Å². The maximum Gasteiger partial charge on any atom is 0.137 e. The molecule has 2 rings (SSSR count). The number of benzene rings is 1. The summed E-state index contributed by atoms with van der Waals surface area (Å²) in [7, 11) is 0. The zero-order valence-electron chi connectivity index (χ0n) is 13.2. The quantitative estimate of drug-likeness (QED) is 0.727. The van der Waals surface area contributed by atoms with E-state index in [-0.39, 0.29) is 5.82 Å². The molecule has 1 aromatic carbocycles. The molecule has 0 aromatic heterocycles. The molecule has 0 aliphatic heterocycles. The molecule has 1 fully saturated rings. The average Bonchev–Trinajstić information content (AvgIpc) is 2.44. The van der Waals surface area contributed by atoms with Crippen molar-refractivity contribution in [1.82, 2.24) is 5.32 Å². The fraction of sp³-hybridized carbons (Fsp3) is 0.667. The van der Waals surface area contributed by atoms with Crippen molar-refractivity contribution in [3.63, 3.8) is 0 Å². The first kappa shape index (κ1) is 17.0. The molecule has 1 saturated carbocycles. The highest BCUT2D eigenvalue weighted by molar-refractivity contribution is 9.10. The van der Waals surface area contributed by atoms with Crippen LogP contribution in [-0.2, 0) is 6.42 Å². The Morgan fingerprint density at radius 1 is 1.24 bits per heavy atom. The molecule has 1 aliphatic rings. The van der Waals surface area contributed by atoms with Crippen LogP contribution in [0.5, 0.6) is 0 Å². The van der Waals surface area contributed by atoms with Crippen LogP contribution in [0.2, 0.25) is 0 Å². The monoisotopic (exact) mass is 355 g/mol. The molecule has 0 unspecified atom stereocenters. The molecule has 1 aliphatic carbocycles. The molecule has 0 radical (unpaired) electrons. The molecule has 0 spiro atoms. The van der Waals surface area contributed by atoms with Gasteiger partial charge in [0, 0.05) is 6.54 Å². The predicted molar refractivity (Wildman–Crippen MR) is 91.0 cm³/mol. The van der Waals surface area contributed by atoms with Gasteiger partial charge in [0.2, 0.25) is 0 Å². The van der Waals surface area contributed by atoms with E-state index in [4.69, 9.17) is 0 Å². The number of rotatable bonds is 6. The highest BCUT2D eigenvalue weighted by Gasteiger charge is 2.32. The van der Waals surface area contributed by atoms with Crippen LogP contribution in [0.15, 0.2) is 22.7 Å². The Bertz CT molecular complexity index is 453. The van der Waals surface area contributed by atoms with E-state index >= 15 is 0 Å². The summed E-state index contributed by atoms with van der Waals surface area (Å²) in [6.07, 6.45) is 7.42. The Balaban J connectivity index is 2.10. The lowest BCUT2D eigenvalue weighted by Crippen LogP contribution is -2.39. The van der Waals surface area contributed by atoms with Crippen molar-refractivity contribution in [3.8, 4) is 0 Å². The van der Waals surface area contributed by atoms with Gasteiger partial charge in [-0.1, -0.05) is 45.2 Å². The first-order chi connectivity index (χ1) is 10.0. The Hall–Kier alpha value is -0.410. The molecule has 0 heterocycles. The molecule has 0 amide bonds. The summed E-state index contributed by atoms with van der Waals surface area (Å²) in [5.74, 6) is 0.528. The average molecular weight is 356 g/mol. The maximum absolute atomic E-state index is 13.8. The van der Waals surface area contributed by atoms with Crippen LogP contribution >= 0.6 is 15.9 Å². The normalized spacial score (nSPS) is 18.1. The third-order valence-electron chi connectivity index (χ3n) is 4.56. The zero-order valence-corrected chi connectivity index (χ0v) is 14.8. The van der Waals surface area contributed by atoms with E-state index in [9.17, 15) is 4.39 Å². The highest BCUT2D eigenvalue weighted by Crippen LogP contribution is 2.40. The van der Waals surface area contributed by atoms with Crippen molar-refractivity contribution in [2.45, 2.75) is 52.4 Å². The van der Waals surface area contributed by atoms with Crippen LogP contribution in [0.3, 0.4) is 0 Å². The summed E-state index contributed by atoms with van der Waals surface area (Å²) in [5.41, 5.74) is 1.41. The van der Waals surface area contributed by atoms with E-state index in [1.807, 2.05) is 6.07 Å². The number of hydrogen-bond donors (Lipinski definition) is 1. The van der Waals surface area contributed by atoms with Crippen LogP contribution in [0.1, 0.15) is 51.5 Å². The maximum atomic E-state index is 13.8. The van der Waals surface area contributed by atoms with Crippen molar-refractivity contribution in [3.05, 3.63) is 34.1 Å². The largest absolute Gasteiger partial charge is 0.316 e. The van der Waals surface area contributed by atoms with Gasteiger partial charge >= 0.3 is 0 Å². The number of nitrogens with one attached hydrogen (secondary N) is 1. The summed E-state index contributed by atoms with van der Waals surface area (Å²) in [6.45, 7) is 6.59. The SMILES string of the molecule is CC(C)CNCC1(Cc2cccc(F)c2Br)CCCCC1. The van der Waals surface area contributed by atoms with Gasteiger partial charge in [-0.05, 0) is 64.7 Å². The van der Waals surface area contributed by atoms with E-state index < -0.39 is 0 Å². The first-order valence-corrected chi connectivity index (χ1v) is 8.95. The van der Waals surface area contributed by atoms with E-state index in [1.54, 1.807) is 0 Å². The first-order valence-electron chi connectivity index (χ1n) is 8.16. The second-order valence-electron chi connectivity index (χ2n) is 6.98. The topological polar surface area (TPSA) is 12.0 Å². The van der Waals surface area contributed by atoms with Gasteiger partial charge in [-0.3, -0.25) is 0 Å². The molecule has 21 heavy (non-hydrogen) atoms. The molecule has 1 N–H and O–H groups in total. The molecule has 118 valence electrons. The van der Waals surface area contributed by atoms with Gasteiger partial charge < -0.3 is 5.32 Å². The summed E-state index contributed by atoms with van der Waals surface area (Å²) in [5, 5.41) is 3.64. The van der Waals surface area contributed by atoms with E-state index in [2.05, 4.69) is 41.2 Å². The lowest BCUT2D eigenvalue weighted by molar-refractivity contribution is 0.178. The van der Waals surface area contributed by atoms with Crippen LogP contribution in [-0.4, -0.2) is 13.1 Å². The minimum absolute atomic E-state index is 0.145. The summed E-state index contributed by atoms with van der Waals surface area (Å²) in [6, 6.07) is 5.41. The fourth-order valence-electron chi connectivity index (χ4n) is 3.43. The summed E-state index contributed by atoms with van der Waals surface area (Å²) in [4.78, 5) is 0. The Kier molecular flexibility index (Phi) is 6.24. The minimum atomic E-state index is -0.145. The van der Waals surface area contributed by atoms with Crippen molar-refractivity contribution in [1.29, 1.82) is 0 Å². The molecule has 0 bridgehead atoms. The van der Waals surface area contributed by atoms with Gasteiger partial charge in [0.25, 0.3) is 0 Å². The van der Waals surface area contributed by atoms with Gasteiger partial charge in [-0.15, -0.1) is 0 Å². The van der Waals surface area contributed by atoms with Gasteiger partial charge in [-0.2, -0.15) is 0 Å². The highest BCUT2D eigenvalue weighted by atomic mass is 79.9. The third kappa shape index (κ3) is 4.79. The summed E-state index contributed by atoms with van der Waals surface area (Å²) >= 11 is 3.43. The lowest BCUT2D eigenvalue weighted by Gasteiger charge is -2.38. The molecule has 0 atom stereocenters. The van der Waals surface area contributed by atoms with Crippen LogP contribution < -0.4 is 5.32 Å². The van der Waals surface area contributed by atoms with Crippen molar-refractivity contribution in [2.24, 2.45) is 11.3 Å². The van der Waals surface area contributed by atoms with E-state index in [0.29, 0.717) is 15.8 Å². The van der Waals surface area contributed by atoms with Gasteiger partial charge in [-0.25, -0.2) is 4.39 Å². The smallest absolute Gasteiger partial charge is 0.137 e. The van der Waals surface area contributed by atoms with E-state index in [1.165, 1.54) is 38.2 Å². The molecule has 0 saturated heterocycles. The van der Waals surface area contributed by atoms with Crippen LogP contribution in [0.25, 0.3) is 0 Å². The molecule has 3 heteroatoms. The van der Waals surface area contributed by atoms with Gasteiger partial charge in [0.15, 0.2) is 0 Å². The van der Waals surface area contributed by atoms with Crippen LogP contribution in [0.4, 0.5) is 4.39 Å². The molecular weight excluding hydrogens is 329 g/mol. The number of hydrogen-bond acceptors (Lipinski definition) is 1. The van der Waals surface area contributed by atoms with E-state index in [0.717, 1.165) is 25.1 Å². The summed E-state index contributed by atoms with van der Waals surface area (Å²) < 4.78 is 14.4. The molecule has 1 aromatic rings. The Morgan fingerprint density at radius 2 is 1.95 bits per heavy atom. The zero-order chi connectivity index (χ0) is 15.3. The van der Waals surface area contributed by atoms with Crippen molar-refractivity contribution >= 4 is 15.9 Å². The Morgan fingerprint density at radius 3 is 2.62 bits per heavy atom. The van der Waals surface area contributed by atoms with Gasteiger partial charge in [0.1, 0.15) is 5.82 Å². The second kappa shape index (κ2) is 7.73. The predicted octanol–water partition coefficient (Wildman–Crippen LogP) is 5.33. The third-order valence-corrected chi connectivity index (χ3v) is 5.45. The standard InChI is InChI=1S/C18H27BrFN/c1-14(2)12-21-13-18(9-4-3-5-10-18)11-15-7-6-8-16(20)17(15)19/h6-8,14,21H,3-5,9-13H2,1-2H3.